The summed E-state index contributed by atoms with van der Waals surface area (Å²) in [6, 6.07) is 9.06. The van der Waals surface area contributed by atoms with E-state index in [0.29, 0.717) is 0 Å². The van der Waals surface area contributed by atoms with Gasteiger partial charge < -0.3 is 4.90 Å². The molecule has 2 aliphatic rings. The van der Waals surface area contributed by atoms with Gasteiger partial charge in [0.05, 0.1) is 0 Å². The quantitative estimate of drug-likeness (QED) is 0.846. The highest BCUT2D eigenvalue weighted by Gasteiger charge is 2.29. The predicted molar refractivity (Wildman–Crippen MR) is 94.9 cm³/mol. The van der Waals surface area contributed by atoms with Crippen LogP contribution in [-0.4, -0.2) is 47.9 Å². The second kappa shape index (κ2) is 6.64. The molecule has 23 heavy (non-hydrogen) atoms. The maximum absolute atomic E-state index is 12.7. The third kappa shape index (κ3) is 3.45. The fourth-order valence-corrected chi connectivity index (χ4v) is 3.49. The summed E-state index contributed by atoms with van der Waals surface area (Å²) < 4.78 is 0. The Kier molecular flexibility index (Phi) is 4.77. The van der Waals surface area contributed by atoms with Crippen LogP contribution in [0.3, 0.4) is 0 Å². The third-order valence-electron chi connectivity index (χ3n) is 5.99. The predicted octanol–water partition coefficient (Wildman–Crippen LogP) is 3.68. The molecule has 1 aliphatic carbocycles. The first-order valence-electron chi connectivity index (χ1n) is 9.15. The lowest BCUT2D eigenvalue weighted by atomic mass is 9.82. The van der Waals surface area contributed by atoms with E-state index in [1.54, 1.807) is 0 Å². The summed E-state index contributed by atoms with van der Waals surface area (Å²) in [4.78, 5) is 17.3. The molecule has 1 saturated carbocycles. The molecule has 0 unspecified atom stereocenters. The molecule has 1 amide bonds. The van der Waals surface area contributed by atoms with Crippen molar-refractivity contribution in [1.29, 1.82) is 0 Å². The molecule has 1 aliphatic heterocycles. The minimum absolute atomic E-state index is 0.177. The maximum Gasteiger partial charge on any atom is 0.253 e. The van der Waals surface area contributed by atoms with Crippen LogP contribution in [0.15, 0.2) is 24.3 Å². The molecule has 3 rings (SSSR count). The van der Waals surface area contributed by atoms with Crippen molar-refractivity contribution in [3.8, 4) is 0 Å². The number of benzene rings is 1. The second-order valence-electron chi connectivity index (χ2n) is 7.73. The minimum atomic E-state index is 0.177. The summed E-state index contributed by atoms with van der Waals surface area (Å²) in [6.45, 7) is 10.5. The van der Waals surface area contributed by atoms with E-state index < -0.39 is 0 Å². The molecule has 0 radical (unpaired) electrons. The first-order chi connectivity index (χ1) is 11.0. The van der Waals surface area contributed by atoms with Crippen LogP contribution in [0.4, 0.5) is 0 Å². The van der Waals surface area contributed by atoms with Gasteiger partial charge >= 0.3 is 0 Å². The summed E-state index contributed by atoms with van der Waals surface area (Å²) >= 11 is 0. The van der Waals surface area contributed by atoms with Crippen LogP contribution in [-0.2, 0) is 5.41 Å². The van der Waals surface area contributed by atoms with Crippen LogP contribution in [0.5, 0.6) is 0 Å². The molecule has 0 N–H and O–H groups in total. The van der Waals surface area contributed by atoms with Crippen LogP contribution in [0.25, 0.3) is 0 Å². The molecule has 3 nitrogen and oxygen atoms in total. The van der Waals surface area contributed by atoms with Gasteiger partial charge in [0.1, 0.15) is 0 Å². The lowest BCUT2D eigenvalue weighted by molar-refractivity contribution is 0.0455. The Balaban J connectivity index is 1.60. The number of nitrogens with zero attached hydrogens (tertiary/aromatic N) is 2. The fraction of sp³-hybridized carbons (Fsp3) is 0.650. The Morgan fingerprint density at radius 1 is 1.09 bits per heavy atom. The summed E-state index contributed by atoms with van der Waals surface area (Å²) in [5.41, 5.74) is 2.32. The van der Waals surface area contributed by atoms with Gasteiger partial charge in [0.2, 0.25) is 0 Å². The van der Waals surface area contributed by atoms with Crippen molar-refractivity contribution in [3.63, 3.8) is 0 Å². The van der Waals surface area contributed by atoms with Gasteiger partial charge in [-0.2, -0.15) is 0 Å². The molecule has 1 aromatic rings. The van der Waals surface area contributed by atoms with Gasteiger partial charge in [0, 0.05) is 37.8 Å². The zero-order chi connectivity index (χ0) is 16.4. The van der Waals surface area contributed by atoms with Crippen LogP contribution >= 0.6 is 0 Å². The Bertz CT molecular complexity index is 537. The largest absolute Gasteiger partial charge is 0.336 e. The number of amides is 1. The van der Waals surface area contributed by atoms with Crippen molar-refractivity contribution in [3.05, 3.63) is 35.4 Å². The lowest BCUT2D eigenvalue weighted by Crippen LogP contribution is -2.53. The van der Waals surface area contributed by atoms with Crippen molar-refractivity contribution in [2.24, 2.45) is 0 Å². The van der Waals surface area contributed by atoms with Crippen LogP contribution in [0.1, 0.15) is 62.4 Å². The van der Waals surface area contributed by atoms with E-state index in [-0.39, 0.29) is 11.3 Å². The minimum Gasteiger partial charge on any atom is -0.336 e. The van der Waals surface area contributed by atoms with Gasteiger partial charge in [0.15, 0.2) is 0 Å². The highest BCUT2D eigenvalue weighted by Crippen LogP contribution is 2.28. The summed E-state index contributed by atoms with van der Waals surface area (Å²) in [7, 11) is 0. The van der Waals surface area contributed by atoms with Crippen molar-refractivity contribution in [1.82, 2.24) is 9.80 Å². The van der Waals surface area contributed by atoms with Gasteiger partial charge in [-0.25, -0.2) is 0 Å². The van der Waals surface area contributed by atoms with Crippen molar-refractivity contribution in [2.45, 2.75) is 57.9 Å². The number of piperazine rings is 1. The van der Waals surface area contributed by atoms with E-state index in [1.165, 1.54) is 24.8 Å². The molecule has 0 bridgehead atoms. The number of rotatable bonds is 4. The van der Waals surface area contributed by atoms with E-state index in [1.807, 2.05) is 17.0 Å². The SMILES string of the molecule is CCC(C)(C)c1ccc(C(=O)N2CCN(C3CCC3)CC2)cc1. The standard InChI is InChI=1S/C20H30N2O/c1-4-20(2,3)17-10-8-16(9-11-17)19(23)22-14-12-21(13-15-22)18-6-5-7-18/h8-11,18H,4-7,12-15H2,1-3H3. The Labute approximate surface area is 140 Å². The second-order valence-corrected chi connectivity index (χ2v) is 7.73. The van der Waals surface area contributed by atoms with E-state index >= 15 is 0 Å². The number of hydrogen-bond donors (Lipinski definition) is 0. The zero-order valence-electron chi connectivity index (χ0n) is 14.8. The van der Waals surface area contributed by atoms with E-state index in [9.17, 15) is 4.79 Å². The highest BCUT2D eigenvalue weighted by atomic mass is 16.2. The van der Waals surface area contributed by atoms with Crippen LogP contribution in [0, 0.1) is 0 Å². The molecule has 126 valence electrons. The third-order valence-corrected chi connectivity index (χ3v) is 5.99. The summed E-state index contributed by atoms with van der Waals surface area (Å²) in [5, 5.41) is 0. The normalized spacial score (nSPS) is 20.4. The summed E-state index contributed by atoms with van der Waals surface area (Å²) in [6.07, 6.45) is 5.18. The van der Waals surface area contributed by atoms with Gasteiger partial charge in [-0.1, -0.05) is 39.3 Å². The van der Waals surface area contributed by atoms with Crippen molar-refractivity contribution < 1.29 is 4.79 Å². The first-order valence-corrected chi connectivity index (χ1v) is 9.15. The molecule has 0 spiro atoms. The van der Waals surface area contributed by atoms with E-state index in [0.717, 1.165) is 44.2 Å². The fourth-order valence-electron chi connectivity index (χ4n) is 3.49. The smallest absolute Gasteiger partial charge is 0.253 e. The van der Waals surface area contributed by atoms with Gasteiger partial charge in [0.25, 0.3) is 5.91 Å². The molecule has 1 saturated heterocycles. The average Bonchev–Trinajstić information content (AvgIpc) is 2.53. The van der Waals surface area contributed by atoms with Gasteiger partial charge in [-0.15, -0.1) is 0 Å². The van der Waals surface area contributed by atoms with Gasteiger partial charge in [-0.3, -0.25) is 9.69 Å². The molecule has 0 atom stereocenters. The van der Waals surface area contributed by atoms with Crippen molar-refractivity contribution in [2.75, 3.05) is 26.2 Å². The molecule has 1 heterocycles. The zero-order valence-corrected chi connectivity index (χ0v) is 14.8. The Morgan fingerprint density at radius 2 is 1.70 bits per heavy atom. The average molecular weight is 314 g/mol. The van der Waals surface area contributed by atoms with Crippen molar-refractivity contribution >= 4 is 5.91 Å². The first kappa shape index (κ1) is 16.5. The molecular weight excluding hydrogens is 284 g/mol. The van der Waals surface area contributed by atoms with Gasteiger partial charge in [-0.05, 0) is 42.4 Å². The highest BCUT2D eigenvalue weighted by molar-refractivity contribution is 5.94. The molecule has 0 aromatic heterocycles. The Hall–Kier alpha value is -1.35. The lowest BCUT2D eigenvalue weighted by Gasteiger charge is -2.43. The van der Waals surface area contributed by atoms with Crippen LogP contribution in [0.2, 0.25) is 0 Å². The molecule has 2 fully saturated rings. The Morgan fingerprint density at radius 3 is 2.17 bits per heavy atom. The van der Waals surface area contributed by atoms with E-state index in [2.05, 4.69) is 37.8 Å². The number of hydrogen-bond acceptors (Lipinski definition) is 2. The molecular formula is C20H30N2O. The molecule has 3 heteroatoms. The maximum atomic E-state index is 12.7. The number of carbonyl (C=O) groups excluding carboxylic acids is 1. The molecule has 1 aromatic carbocycles. The van der Waals surface area contributed by atoms with E-state index in [4.69, 9.17) is 0 Å². The monoisotopic (exact) mass is 314 g/mol. The number of carbonyl (C=O) groups is 1. The summed E-state index contributed by atoms with van der Waals surface area (Å²) in [5.74, 6) is 0.194. The topological polar surface area (TPSA) is 23.6 Å². The van der Waals surface area contributed by atoms with Crippen LogP contribution < -0.4 is 0 Å².